The van der Waals surface area contributed by atoms with Crippen molar-refractivity contribution in [2.45, 2.75) is 25.7 Å². The monoisotopic (exact) mass is 364 g/mol. The molecule has 7 heteroatoms. The van der Waals surface area contributed by atoms with Crippen molar-refractivity contribution in [1.82, 2.24) is 14.9 Å². The minimum atomic E-state index is -0.469. The number of amides is 1. The molecule has 138 valence electrons. The summed E-state index contributed by atoms with van der Waals surface area (Å²) in [5.74, 6) is 0.678. The SMILES string of the molecule is Cc1cccc(C(=O)N2CCCC(c3nc4ccccc4[nH]3)C2)c1[N+](=O)[O-]. The summed E-state index contributed by atoms with van der Waals surface area (Å²) in [4.78, 5) is 33.7. The van der Waals surface area contributed by atoms with Gasteiger partial charge in [0, 0.05) is 24.6 Å². The lowest BCUT2D eigenvalue weighted by Gasteiger charge is -2.31. The minimum Gasteiger partial charge on any atom is -0.342 e. The molecule has 1 aliphatic heterocycles. The van der Waals surface area contributed by atoms with Crippen LogP contribution < -0.4 is 0 Å². The Bertz CT molecular complexity index is 994. The average molecular weight is 364 g/mol. The fourth-order valence-electron chi connectivity index (χ4n) is 3.79. The molecule has 1 aromatic heterocycles. The van der Waals surface area contributed by atoms with Crippen molar-refractivity contribution >= 4 is 22.6 Å². The minimum absolute atomic E-state index is 0.0963. The van der Waals surface area contributed by atoms with Crippen LogP contribution in [0.15, 0.2) is 42.5 Å². The summed E-state index contributed by atoms with van der Waals surface area (Å²) < 4.78 is 0. The number of aromatic amines is 1. The summed E-state index contributed by atoms with van der Waals surface area (Å²) in [6.07, 6.45) is 1.77. The number of fused-ring (bicyclic) bond motifs is 1. The van der Waals surface area contributed by atoms with Crippen LogP contribution in [0.2, 0.25) is 0 Å². The zero-order chi connectivity index (χ0) is 19.0. The number of H-pyrrole nitrogens is 1. The Morgan fingerprint density at radius 2 is 2.07 bits per heavy atom. The predicted octanol–water partition coefficient (Wildman–Crippen LogP) is 3.80. The highest BCUT2D eigenvalue weighted by Gasteiger charge is 2.31. The number of hydrogen-bond acceptors (Lipinski definition) is 4. The summed E-state index contributed by atoms with van der Waals surface area (Å²) in [5, 5.41) is 11.4. The number of rotatable bonds is 3. The standard InChI is InChI=1S/C20H20N4O3/c1-13-6-4-8-15(18(13)24(26)27)20(25)23-11-5-7-14(12-23)19-21-16-9-2-3-10-17(16)22-19/h2-4,6,8-10,14H,5,7,11-12H2,1H3,(H,21,22). The number of aryl methyl sites for hydroxylation is 1. The molecule has 2 aromatic carbocycles. The van der Waals surface area contributed by atoms with Crippen LogP contribution in [-0.2, 0) is 0 Å². The maximum Gasteiger partial charge on any atom is 0.285 e. The first-order valence-corrected chi connectivity index (χ1v) is 9.02. The number of para-hydroxylation sites is 3. The number of carbonyl (C=O) groups is 1. The number of imidazole rings is 1. The summed E-state index contributed by atoms with van der Waals surface area (Å²) in [5.41, 5.74) is 2.44. The van der Waals surface area contributed by atoms with Gasteiger partial charge in [0.15, 0.2) is 0 Å². The summed E-state index contributed by atoms with van der Waals surface area (Å²) in [7, 11) is 0. The molecule has 1 aliphatic rings. The molecule has 1 atom stereocenters. The molecule has 27 heavy (non-hydrogen) atoms. The van der Waals surface area contributed by atoms with Crippen molar-refractivity contribution in [3.63, 3.8) is 0 Å². The lowest BCUT2D eigenvalue weighted by molar-refractivity contribution is -0.385. The van der Waals surface area contributed by atoms with Crippen LogP contribution in [0.1, 0.15) is 40.5 Å². The van der Waals surface area contributed by atoms with Crippen molar-refractivity contribution in [2.75, 3.05) is 13.1 Å². The van der Waals surface area contributed by atoms with Gasteiger partial charge in [-0.25, -0.2) is 4.98 Å². The van der Waals surface area contributed by atoms with Crippen LogP contribution in [0.5, 0.6) is 0 Å². The van der Waals surface area contributed by atoms with E-state index < -0.39 is 4.92 Å². The van der Waals surface area contributed by atoms with Gasteiger partial charge in [-0.1, -0.05) is 24.3 Å². The van der Waals surface area contributed by atoms with E-state index in [4.69, 9.17) is 0 Å². The van der Waals surface area contributed by atoms with Gasteiger partial charge in [-0.3, -0.25) is 14.9 Å². The van der Waals surface area contributed by atoms with Crippen LogP contribution in [0.4, 0.5) is 5.69 Å². The third kappa shape index (κ3) is 3.16. The van der Waals surface area contributed by atoms with Crippen LogP contribution in [-0.4, -0.2) is 38.8 Å². The molecule has 0 bridgehead atoms. The van der Waals surface area contributed by atoms with Crippen LogP contribution in [0, 0.1) is 17.0 Å². The fraction of sp³-hybridized carbons (Fsp3) is 0.300. The molecule has 7 nitrogen and oxygen atoms in total. The van der Waals surface area contributed by atoms with Gasteiger partial charge in [0.1, 0.15) is 11.4 Å². The maximum absolute atomic E-state index is 13.0. The Labute approximate surface area is 156 Å². The molecular weight excluding hydrogens is 344 g/mol. The second-order valence-corrected chi connectivity index (χ2v) is 6.96. The Hall–Kier alpha value is -3.22. The number of carbonyl (C=O) groups excluding carboxylic acids is 1. The first-order chi connectivity index (χ1) is 13.0. The van der Waals surface area contributed by atoms with E-state index in [1.165, 1.54) is 6.07 Å². The van der Waals surface area contributed by atoms with Gasteiger partial charge in [0.25, 0.3) is 11.6 Å². The van der Waals surface area contributed by atoms with Crippen molar-refractivity contribution < 1.29 is 9.72 Å². The zero-order valence-electron chi connectivity index (χ0n) is 15.0. The number of likely N-dealkylation sites (tertiary alicyclic amines) is 1. The number of nitro groups is 1. The quantitative estimate of drug-likeness (QED) is 0.565. The molecule has 0 radical (unpaired) electrons. The maximum atomic E-state index is 13.0. The Morgan fingerprint density at radius 1 is 1.26 bits per heavy atom. The third-order valence-corrected chi connectivity index (χ3v) is 5.15. The van der Waals surface area contributed by atoms with E-state index in [1.54, 1.807) is 24.0 Å². The number of hydrogen-bond donors (Lipinski definition) is 1. The number of aromatic nitrogens is 2. The summed E-state index contributed by atoms with van der Waals surface area (Å²) in [6.45, 7) is 2.76. The van der Waals surface area contributed by atoms with Crippen molar-refractivity contribution in [1.29, 1.82) is 0 Å². The lowest BCUT2D eigenvalue weighted by atomic mass is 9.96. The Balaban J connectivity index is 1.61. The second kappa shape index (κ2) is 6.83. The van der Waals surface area contributed by atoms with Gasteiger partial charge in [-0.2, -0.15) is 0 Å². The Morgan fingerprint density at radius 3 is 2.85 bits per heavy atom. The van der Waals surface area contributed by atoms with Gasteiger partial charge in [0.2, 0.25) is 0 Å². The highest BCUT2D eigenvalue weighted by molar-refractivity contribution is 5.98. The Kier molecular flexibility index (Phi) is 4.35. The largest absolute Gasteiger partial charge is 0.342 e. The molecule has 2 heterocycles. The average Bonchev–Trinajstić information content (AvgIpc) is 3.11. The molecule has 1 unspecified atom stereocenters. The number of piperidine rings is 1. The van der Waals surface area contributed by atoms with Gasteiger partial charge in [-0.15, -0.1) is 0 Å². The van der Waals surface area contributed by atoms with Crippen LogP contribution in [0.3, 0.4) is 0 Å². The molecular formula is C20H20N4O3. The van der Waals surface area contributed by atoms with E-state index in [0.717, 1.165) is 29.7 Å². The number of nitro benzene ring substituents is 1. The molecule has 4 rings (SSSR count). The fourth-order valence-corrected chi connectivity index (χ4v) is 3.79. The van der Waals surface area contributed by atoms with E-state index in [9.17, 15) is 14.9 Å². The van der Waals surface area contributed by atoms with Crippen LogP contribution in [0.25, 0.3) is 11.0 Å². The van der Waals surface area contributed by atoms with E-state index in [2.05, 4.69) is 9.97 Å². The first kappa shape index (κ1) is 17.2. The third-order valence-electron chi connectivity index (χ3n) is 5.15. The van der Waals surface area contributed by atoms with E-state index in [0.29, 0.717) is 18.7 Å². The van der Waals surface area contributed by atoms with Gasteiger partial charge < -0.3 is 9.88 Å². The van der Waals surface area contributed by atoms with E-state index in [1.807, 2.05) is 24.3 Å². The van der Waals surface area contributed by atoms with Gasteiger partial charge in [-0.05, 0) is 38.0 Å². The molecule has 1 amide bonds. The molecule has 1 N–H and O–H groups in total. The molecule has 3 aromatic rings. The van der Waals surface area contributed by atoms with Crippen molar-refractivity contribution in [2.24, 2.45) is 0 Å². The normalized spacial score (nSPS) is 17.2. The predicted molar refractivity (Wildman–Crippen MR) is 102 cm³/mol. The highest BCUT2D eigenvalue weighted by Crippen LogP contribution is 2.30. The zero-order valence-corrected chi connectivity index (χ0v) is 15.0. The summed E-state index contributed by atoms with van der Waals surface area (Å²) >= 11 is 0. The topological polar surface area (TPSA) is 92.1 Å². The lowest BCUT2D eigenvalue weighted by Crippen LogP contribution is -2.39. The number of nitrogens with one attached hydrogen (secondary N) is 1. The molecule has 1 fully saturated rings. The second-order valence-electron chi connectivity index (χ2n) is 6.96. The number of benzene rings is 2. The van der Waals surface area contributed by atoms with Gasteiger partial charge >= 0.3 is 0 Å². The van der Waals surface area contributed by atoms with Crippen molar-refractivity contribution in [3.05, 3.63) is 69.5 Å². The summed E-state index contributed by atoms with van der Waals surface area (Å²) in [6, 6.07) is 12.7. The molecule has 0 aliphatic carbocycles. The molecule has 0 spiro atoms. The molecule has 0 saturated carbocycles. The molecule has 1 saturated heterocycles. The van der Waals surface area contributed by atoms with E-state index in [-0.39, 0.29) is 23.1 Å². The first-order valence-electron chi connectivity index (χ1n) is 9.02. The van der Waals surface area contributed by atoms with Crippen LogP contribution >= 0.6 is 0 Å². The number of nitrogens with zero attached hydrogens (tertiary/aromatic N) is 3. The van der Waals surface area contributed by atoms with E-state index >= 15 is 0 Å². The van der Waals surface area contributed by atoms with Gasteiger partial charge in [0.05, 0.1) is 16.0 Å². The highest BCUT2D eigenvalue weighted by atomic mass is 16.6. The smallest absolute Gasteiger partial charge is 0.285 e. The van der Waals surface area contributed by atoms with Crippen molar-refractivity contribution in [3.8, 4) is 0 Å².